The summed E-state index contributed by atoms with van der Waals surface area (Å²) in [4.78, 5) is 28.5. The Morgan fingerprint density at radius 1 is 1.22 bits per heavy atom. The molecule has 2 amide bonds. The minimum absolute atomic E-state index is 0.0434. The second-order valence-corrected chi connectivity index (χ2v) is 7.85. The maximum absolute atomic E-state index is 12.7. The van der Waals surface area contributed by atoms with Crippen LogP contribution in [-0.4, -0.2) is 29.4 Å². The molecule has 2 aromatic rings. The fourth-order valence-electron chi connectivity index (χ4n) is 3.93. The highest BCUT2D eigenvalue weighted by Crippen LogP contribution is 2.44. The zero-order chi connectivity index (χ0) is 18.9. The number of nitrogens with one attached hydrogen (secondary N) is 3. The molecule has 2 fully saturated rings. The minimum atomic E-state index is -0.354. The van der Waals surface area contributed by atoms with E-state index in [2.05, 4.69) is 21.7 Å². The Morgan fingerprint density at radius 2 is 2.00 bits per heavy atom. The van der Waals surface area contributed by atoms with Crippen LogP contribution in [-0.2, 0) is 4.79 Å². The third-order valence-electron chi connectivity index (χ3n) is 5.89. The monoisotopic (exact) mass is 364 g/mol. The van der Waals surface area contributed by atoms with E-state index in [1.165, 1.54) is 0 Å². The molecule has 0 bridgehead atoms. The lowest BCUT2D eigenvalue weighted by molar-refractivity contribution is -0.126. The minimum Gasteiger partial charge on any atom is -0.354 e. The van der Waals surface area contributed by atoms with Crippen LogP contribution in [0.4, 0.5) is 0 Å². The largest absolute Gasteiger partial charge is 0.354 e. The molecule has 3 N–H and O–H groups in total. The van der Waals surface area contributed by atoms with E-state index in [0.29, 0.717) is 12.2 Å². The van der Waals surface area contributed by atoms with Crippen LogP contribution in [0.1, 0.15) is 49.0 Å². The number of aromatic amines is 1. The number of benzene rings is 1. The number of aromatic nitrogens is 1. The van der Waals surface area contributed by atoms with E-state index in [4.69, 9.17) is 0 Å². The Bertz CT molecular complexity index is 873. The average molecular weight is 364 g/mol. The molecule has 0 unspecified atom stereocenters. The molecular weight excluding hydrogens is 340 g/mol. The number of nitrogens with zero attached hydrogens (tertiary/aromatic N) is 1. The predicted octanol–water partition coefficient (Wildman–Crippen LogP) is 2.88. The van der Waals surface area contributed by atoms with Crippen molar-refractivity contribution in [1.29, 1.82) is 5.26 Å². The first-order valence-corrected chi connectivity index (χ1v) is 9.68. The summed E-state index contributed by atoms with van der Waals surface area (Å²) in [6, 6.07) is 11.7. The lowest BCUT2D eigenvalue weighted by Gasteiger charge is -2.31. The molecule has 1 aromatic heterocycles. The summed E-state index contributed by atoms with van der Waals surface area (Å²) in [6.07, 6.45) is 5.27. The van der Waals surface area contributed by atoms with Crippen LogP contribution in [0.5, 0.6) is 0 Å². The molecule has 0 spiro atoms. The van der Waals surface area contributed by atoms with E-state index in [0.717, 1.165) is 49.4 Å². The lowest BCUT2D eigenvalue weighted by atomic mass is 9.83. The maximum atomic E-state index is 12.7. The van der Waals surface area contributed by atoms with Gasteiger partial charge in [0.2, 0.25) is 5.91 Å². The lowest BCUT2D eigenvalue weighted by Crippen LogP contribution is -2.49. The molecule has 1 heterocycles. The number of nitriles is 1. The van der Waals surface area contributed by atoms with Crippen molar-refractivity contribution in [3.8, 4) is 6.07 Å². The third-order valence-corrected chi connectivity index (χ3v) is 5.89. The van der Waals surface area contributed by atoms with Crippen LogP contribution < -0.4 is 10.6 Å². The second kappa shape index (κ2) is 7.07. The van der Waals surface area contributed by atoms with Crippen molar-refractivity contribution in [1.82, 2.24) is 15.6 Å². The van der Waals surface area contributed by atoms with Gasteiger partial charge >= 0.3 is 0 Å². The van der Waals surface area contributed by atoms with Gasteiger partial charge < -0.3 is 15.6 Å². The zero-order valence-corrected chi connectivity index (χ0v) is 15.3. The van der Waals surface area contributed by atoms with Gasteiger partial charge in [0.15, 0.2) is 0 Å². The molecule has 140 valence electrons. The van der Waals surface area contributed by atoms with E-state index in [-0.39, 0.29) is 29.2 Å². The Hall–Kier alpha value is -2.81. The molecule has 2 aliphatic carbocycles. The second-order valence-electron chi connectivity index (χ2n) is 7.85. The number of hydrogen-bond acceptors (Lipinski definition) is 3. The van der Waals surface area contributed by atoms with Gasteiger partial charge in [-0.25, -0.2) is 0 Å². The van der Waals surface area contributed by atoms with Crippen molar-refractivity contribution in [3.63, 3.8) is 0 Å². The number of fused-ring (bicyclic) bond motifs is 1. The highest BCUT2D eigenvalue weighted by molar-refractivity contribution is 5.98. The Labute approximate surface area is 158 Å². The molecule has 6 nitrogen and oxygen atoms in total. The van der Waals surface area contributed by atoms with E-state index in [1.54, 1.807) is 0 Å². The number of hydrogen-bond donors (Lipinski definition) is 3. The normalized spacial score (nSPS) is 23.4. The SMILES string of the molecule is N#CC1(CNC(=O)[C@@H]2CCCC[C@@H]2NC(=O)c2cc3ccccc3[nH]2)CC1. The Kier molecular flexibility index (Phi) is 4.61. The molecule has 0 radical (unpaired) electrons. The van der Waals surface area contributed by atoms with Gasteiger partial charge in [-0.15, -0.1) is 0 Å². The van der Waals surface area contributed by atoms with Crippen molar-refractivity contribution < 1.29 is 9.59 Å². The van der Waals surface area contributed by atoms with Gasteiger partial charge in [0.05, 0.1) is 17.4 Å². The van der Waals surface area contributed by atoms with E-state index >= 15 is 0 Å². The topological polar surface area (TPSA) is 97.8 Å². The first kappa shape index (κ1) is 17.6. The summed E-state index contributed by atoms with van der Waals surface area (Å²) in [6.45, 7) is 0.418. The summed E-state index contributed by atoms with van der Waals surface area (Å²) in [5, 5.41) is 16.2. The molecule has 2 saturated carbocycles. The van der Waals surface area contributed by atoms with E-state index in [1.807, 2.05) is 30.3 Å². The van der Waals surface area contributed by atoms with Crippen LogP contribution in [0, 0.1) is 22.7 Å². The fourth-order valence-corrected chi connectivity index (χ4v) is 3.93. The van der Waals surface area contributed by atoms with Gasteiger partial charge in [-0.2, -0.15) is 5.26 Å². The number of carbonyl (C=O) groups excluding carboxylic acids is 2. The summed E-state index contributed by atoms with van der Waals surface area (Å²) in [7, 11) is 0. The van der Waals surface area contributed by atoms with Crippen LogP contribution in [0.25, 0.3) is 10.9 Å². The van der Waals surface area contributed by atoms with Gasteiger partial charge in [0.25, 0.3) is 5.91 Å². The molecule has 2 atom stereocenters. The van der Waals surface area contributed by atoms with Gasteiger partial charge in [0, 0.05) is 23.5 Å². The highest BCUT2D eigenvalue weighted by atomic mass is 16.2. The van der Waals surface area contributed by atoms with Gasteiger partial charge in [-0.3, -0.25) is 9.59 Å². The van der Waals surface area contributed by atoms with Crippen LogP contribution in [0.15, 0.2) is 30.3 Å². The van der Waals surface area contributed by atoms with Crippen LogP contribution in [0.3, 0.4) is 0 Å². The molecule has 2 aliphatic rings. The van der Waals surface area contributed by atoms with Crippen LogP contribution in [0.2, 0.25) is 0 Å². The summed E-state index contributed by atoms with van der Waals surface area (Å²) in [5.74, 6) is -0.452. The molecule has 1 aromatic carbocycles. The standard InChI is InChI=1S/C21H24N4O2/c22-12-21(9-10-21)13-23-19(26)15-6-2-4-8-17(15)25-20(27)18-11-14-5-1-3-7-16(14)24-18/h1,3,5,7,11,15,17,24H,2,4,6,8-10,13H2,(H,23,26)(H,25,27)/t15-,17+/m1/s1. The van der Waals surface area contributed by atoms with E-state index < -0.39 is 0 Å². The first-order valence-electron chi connectivity index (χ1n) is 9.68. The quantitative estimate of drug-likeness (QED) is 0.761. The predicted molar refractivity (Wildman–Crippen MR) is 102 cm³/mol. The number of amides is 2. The summed E-state index contributed by atoms with van der Waals surface area (Å²) < 4.78 is 0. The number of H-pyrrole nitrogens is 1. The molecule has 0 aliphatic heterocycles. The van der Waals surface area contributed by atoms with Gasteiger partial charge in [0.1, 0.15) is 5.69 Å². The Morgan fingerprint density at radius 3 is 2.74 bits per heavy atom. The third kappa shape index (κ3) is 3.68. The number of rotatable bonds is 5. The number of para-hydroxylation sites is 1. The average Bonchev–Trinajstić information content (AvgIpc) is 3.35. The molecule has 4 rings (SSSR count). The van der Waals surface area contributed by atoms with Crippen molar-refractivity contribution in [3.05, 3.63) is 36.0 Å². The molecular formula is C21H24N4O2. The fraction of sp³-hybridized carbons (Fsp3) is 0.476. The van der Waals surface area contributed by atoms with Crippen molar-refractivity contribution >= 4 is 22.7 Å². The van der Waals surface area contributed by atoms with Gasteiger partial charge in [-0.1, -0.05) is 31.0 Å². The summed E-state index contributed by atoms with van der Waals surface area (Å²) in [5.41, 5.74) is 1.09. The smallest absolute Gasteiger partial charge is 0.267 e. The van der Waals surface area contributed by atoms with Crippen molar-refractivity contribution in [2.75, 3.05) is 6.54 Å². The highest BCUT2D eigenvalue weighted by Gasteiger charge is 2.44. The molecule has 6 heteroatoms. The van der Waals surface area contributed by atoms with Crippen molar-refractivity contribution in [2.45, 2.75) is 44.6 Å². The van der Waals surface area contributed by atoms with Gasteiger partial charge in [-0.05, 0) is 37.8 Å². The zero-order valence-electron chi connectivity index (χ0n) is 15.3. The first-order chi connectivity index (χ1) is 13.1. The number of carbonyl (C=O) groups is 2. The van der Waals surface area contributed by atoms with Crippen LogP contribution >= 0.6 is 0 Å². The molecule has 27 heavy (non-hydrogen) atoms. The molecule has 0 saturated heterocycles. The summed E-state index contributed by atoms with van der Waals surface area (Å²) >= 11 is 0. The Balaban J connectivity index is 1.41. The van der Waals surface area contributed by atoms with Crippen molar-refractivity contribution in [2.24, 2.45) is 11.3 Å². The van der Waals surface area contributed by atoms with E-state index in [9.17, 15) is 14.9 Å². The maximum Gasteiger partial charge on any atom is 0.267 e.